The van der Waals surface area contributed by atoms with E-state index in [1.807, 2.05) is 48.5 Å². The van der Waals surface area contributed by atoms with Crippen molar-refractivity contribution in [3.63, 3.8) is 0 Å². The highest BCUT2D eigenvalue weighted by Crippen LogP contribution is 2.40. The smallest absolute Gasteiger partial charge is 0.129 e. The van der Waals surface area contributed by atoms with Crippen LogP contribution in [0.3, 0.4) is 0 Å². The molecule has 2 aromatic rings. The van der Waals surface area contributed by atoms with Gasteiger partial charge in [0.25, 0.3) is 0 Å². The standard InChI is InChI=1S/C19H18O/c20-19(13-11-16-7-3-1-4-8-16)14-12-18(19)15-17-9-5-2-6-10-17/h1-10,18,20H,12,14-15H2/t18-,19+/m0/s1. The van der Waals surface area contributed by atoms with Crippen LogP contribution in [0.1, 0.15) is 24.0 Å². The molecular weight excluding hydrogens is 244 g/mol. The van der Waals surface area contributed by atoms with Crippen LogP contribution in [0.4, 0.5) is 0 Å². The number of hydrogen-bond donors (Lipinski definition) is 1. The Hall–Kier alpha value is -2.04. The zero-order valence-electron chi connectivity index (χ0n) is 11.4. The molecule has 1 nitrogen and oxygen atoms in total. The summed E-state index contributed by atoms with van der Waals surface area (Å²) in [6.45, 7) is 0. The fourth-order valence-electron chi connectivity index (χ4n) is 2.66. The summed E-state index contributed by atoms with van der Waals surface area (Å²) in [5.41, 5.74) is 1.43. The van der Waals surface area contributed by atoms with Crippen molar-refractivity contribution in [1.82, 2.24) is 0 Å². The predicted molar refractivity (Wildman–Crippen MR) is 81.1 cm³/mol. The Morgan fingerprint density at radius 2 is 1.65 bits per heavy atom. The fourth-order valence-corrected chi connectivity index (χ4v) is 2.66. The third-order valence-electron chi connectivity index (χ3n) is 4.07. The SMILES string of the molecule is O[C@]1(C#Cc2ccccc2)CC[C@H]1Cc1ccccc1. The first kappa shape index (κ1) is 13.0. The Kier molecular flexibility index (Phi) is 3.58. The van der Waals surface area contributed by atoms with E-state index in [0.717, 1.165) is 24.8 Å². The van der Waals surface area contributed by atoms with E-state index in [-0.39, 0.29) is 5.92 Å². The van der Waals surface area contributed by atoms with Crippen molar-refractivity contribution in [1.29, 1.82) is 0 Å². The third kappa shape index (κ3) is 2.76. The van der Waals surface area contributed by atoms with E-state index in [1.165, 1.54) is 5.56 Å². The maximum absolute atomic E-state index is 10.6. The second-order valence-corrected chi connectivity index (χ2v) is 5.47. The monoisotopic (exact) mass is 262 g/mol. The lowest BCUT2D eigenvalue weighted by Crippen LogP contribution is -2.46. The molecule has 0 aliphatic heterocycles. The summed E-state index contributed by atoms with van der Waals surface area (Å²) in [6.07, 6.45) is 2.74. The van der Waals surface area contributed by atoms with Gasteiger partial charge in [-0.05, 0) is 37.0 Å². The van der Waals surface area contributed by atoms with E-state index >= 15 is 0 Å². The maximum Gasteiger partial charge on any atom is 0.129 e. The Bertz CT molecular complexity index is 621. The molecule has 0 unspecified atom stereocenters. The van der Waals surface area contributed by atoms with E-state index in [4.69, 9.17) is 0 Å². The Morgan fingerprint density at radius 3 is 2.25 bits per heavy atom. The van der Waals surface area contributed by atoms with Gasteiger partial charge in [0.2, 0.25) is 0 Å². The average molecular weight is 262 g/mol. The summed E-state index contributed by atoms with van der Waals surface area (Å²) in [4.78, 5) is 0. The van der Waals surface area contributed by atoms with Crippen molar-refractivity contribution >= 4 is 0 Å². The summed E-state index contributed by atoms with van der Waals surface area (Å²) < 4.78 is 0. The molecule has 1 aliphatic rings. The molecule has 0 bridgehead atoms. The van der Waals surface area contributed by atoms with Gasteiger partial charge in [0.1, 0.15) is 5.60 Å². The minimum absolute atomic E-state index is 0.251. The van der Waals surface area contributed by atoms with Gasteiger partial charge in [-0.15, -0.1) is 0 Å². The average Bonchev–Trinajstić information content (AvgIpc) is 2.51. The van der Waals surface area contributed by atoms with Crippen molar-refractivity contribution < 1.29 is 5.11 Å². The minimum Gasteiger partial charge on any atom is -0.377 e. The largest absolute Gasteiger partial charge is 0.377 e. The molecule has 1 heteroatoms. The van der Waals surface area contributed by atoms with Crippen LogP contribution in [0.2, 0.25) is 0 Å². The number of benzene rings is 2. The lowest BCUT2D eigenvalue weighted by Gasteiger charge is -2.41. The van der Waals surface area contributed by atoms with Gasteiger partial charge in [0.05, 0.1) is 0 Å². The molecule has 1 N–H and O–H groups in total. The van der Waals surface area contributed by atoms with E-state index in [0.29, 0.717) is 0 Å². The van der Waals surface area contributed by atoms with Crippen molar-refractivity contribution in [2.45, 2.75) is 24.9 Å². The van der Waals surface area contributed by atoms with Crippen LogP contribution < -0.4 is 0 Å². The second kappa shape index (κ2) is 5.53. The van der Waals surface area contributed by atoms with Crippen LogP contribution in [0.25, 0.3) is 0 Å². The normalized spacial score (nSPS) is 24.4. The second-order valence-electron chi connectivity index (χ2n) is 5.47. The molecular formula is C19H18O. The molecule has 0 aromatic heterocycles. The Balaban J connectivity index is 1.72. The highest BCUT2D eigenvalue weighted by atomic mass is 16.3. The van der Waals surface area contributed by atoms with E-state index in [2.05, 4.69) is 24.0 Å². The van der Waals surface area contributed by atoms with Crippen LogP contribution in [-0.2, 0) is 6.42 Å². The van der Waals surface area contributed by atoms with Gasteiger partial charge in [0.15, 0.2) is 0 Å². The molecule has 1 aliphatic carbocycles. The van der Waals surface area contributed by atoms with Gasteiger partial charge in [-0.25, -0.2) is 0 Å². The maximum atomic E-state index is 10.6. The molecule has 0 heterocycles. The molecule has 0 saturated heterocycles. The summed E-state index contributed by atoms with van der Waals surface area (Å²) in [6, 6.07) is 20.2. The first-order valence-electron chi connectivity index (χ1n) is 7.11. The molecule has 2 atom stereocenters. The van der Waals surface area contributed by atoms with Gasteiger partial charge in [0, 0.05) is 11.5 Å². The third-order valence-corrected chi connectivity index (χ3v) is 4.07. The fraction of sp³-hybridized carbons (Fsp3) is 0.263. The van der Waals surface area contributed by atoms with Crippen LogP contribution in [0, 0.1) is 17.8 Å². The highest BCUT2D eigenvalue weighted by molar-refractivity contribution is 5.37. The van der Waals surface area contributed by atoms with Crippen molar-refractivity contribution in [2.24, 2.45) is 5.92 Å². The zero-order chi connectivity index (χ0) is 13.8. The first-order chi connectivity index (χ1) is 9.76. The topological polar surface area (TPSA) is 20.2 Å². The summed E-state index contributed by atoms with van der Waals surface area (Å²) in [5.74, 6) is 6.44. The molecule has 20 heavy (non-hydrogen) atoms. The number of rotatable bonds is 2. The van der Waals surface area contributed by atoms with Crippen molar-refractivity contribution in [3.05, 3.63) is 71.8 Å². The van der Waals surface area contributed by atoms with E-state index in [9.17, 15) is 5.11 Å². The lowest BCUT2D eigenvalue weighted by atomic mass is 9.67. The lowest BCUT2D eigenvalue weighted by molar-refractivity contribution is -0.0420. The van der Waals surface area contributed by atoms with Gasteiger partial charge < -0.3 is 5.11 Å². The van der Waals surface area contributed by atoms with Gasteiger partial charge in [-0.1, -0.05) is 60.4 Å². The Labute approximate surface area is 120 Å². The predicted octanol–water partition coefficient (Wildman–Crippen LogP) is 3.42. The number of hydrogen-bond acceptors (Lipinski definition) is 1. The molecule has 1 fully saturated rings. The molecule has 0 amide bonds. The molecule has 2 aromatic carbocycles. The molecule has 1 saturated carbocycles. The van der Waals surface area contributed by atoms with Crippen LogP contribution >= 0.6 is 0 Å². The minimum atomic E-state index is -0.814. The Morgan fingerprint density at radius 1 is 1.00 bits per heavy atom. The van der Waals surface area contributed by atoms with E-state index < -0.39 is 5.60 Å². The number of aliphatic hydroxyl groups is 1. The molecule has 0 spiro atoms. The zero-order valence-corrected chi connectivity index (χ0v) is 11.4. The van der Waals surface area contributed by atoms with Crippen molar-refractivity contribution in [3.8, 4) is 11.8 Å². The van der Waals surface area contributed by atoms with Crippen LogP contribution in [-0.4, -0.2) is 10.7 Å². The van der Waals surface area contributed by atoms with Gasteiger partial charge in [-0.3, -0.25) is 0 Å². The van der Waals surface area contributed by atoms with Crippen LogP contribution in [0.15, 0.2) is 60.7 Å². The molecule has 3 rings (SSSR count). The molecule has 100 valence electrons. The first-order valence-corrected chi connectivity index (χ1v) is 7.11. The van der Waals surface area contributed by atoms with Crippen LogP contribution in [0.5, 0.6) is 0 Å². The summed E-state index contributed by atoms with van der Waals surface area (Å²) >= 11 is 0. The van der Waals surface area contributed by atoms with Gasteiger partial charge in [-0.2, -0.15) is 0 Å². The quantitative estimate of drug-likeness (QED) is 0.822. The van der Waals surface area contributed by atoms with Crippen molar-refractivity contribution in [2.75, 3.05) is 0 Å². The highest BCUT2D eigenvalue weighted by Gasteiger charge is 2.43. The van der Waals surface area contributed by atoms with E-state index in [1.54, 1.807) is 0 Å². The molecule has 0 radical (unpaired) electrons. The van der Waals surface area contributed by atoms with Gasteiger partial charge >= 0.3 is 0 Å². The summed E-state index contributed by atoms with van der Waals surface area (Å²) in [5, 5.41) is 10.6. The summed E-state index contributed by atoms with van der Waals surface area (Å²) in [7, 11) is 0.